The van der Waals surface area contributed by atoms with Gasteiger partial charge in [0.05, 0.1) is 0 Å². The van der Waals surface area contributed by atoms with E-state index in [2.05, 4.69) is 36.9 Å². The maximum atomic E-state index is 13.1. The van der Waals surface area contributed by atoms with Crippen molar-refractivity contribution < 1.29 is 24.3 Å². The summed E-state index contributed by atoms with van der Waals surface area (Å²) in [6.45, 7) is 0.173. The van der Waals surface area contributed by atoms with Crippen molar-refractivity contribution in [2.45, 2.75) is 29.2 Å². The van der Waals surface area contributed by atoms with Gasteiger partial charge in [0.2, 0.25) is 5.16 Å². The number of nitrogens with zero attached hydrogens (tertiary/aromatic N) is 7. The van der Waals surface area contributed by atoms with E-state index in [0.29, 0.717) is 16.5 Å². The minimum Gasteiger partial charge on any atom is -0.477 e. The molecule has 3 aliphatic rings. The normalized spacial score (nSPS) is 21.3. The van der Waals surface area contributed by atoms with Crippen LogP contribution in [0.3, 0.4) is 0 Å². The Bertz CT molecular complexity index is 1380. The molecule has 2 aromatic heterocycles. The molecule has 14 nitrogen and oxygen atoms in total. The molecule has 38 heavy (non-hydrogen) atoms. The van der Waals surface area contributed by atoms with Gasteiger partial charge in [-0.3, -0.25) is 14.5 Å². The number of carbonyl (C=O) groups is 3. The molecule has 198 valence electrons. The van der Waals surface area contributed by atoms with Crippen molar-refractivity contribution in [3.05, 3.63) is 22.3 Å². The third kappa shape index (κ3) is 5.18. The predicted molar refractivity (Wildman–Crippen MR) is 142 cm³/mol. The second-order valence-corrected chi connectivity index (χ2v) is 12.0. The number of aromatic nitrogens is 5. The predicted octanol–water partition coefficient (Wildman–Crippen LogP) is -0.288. The van der Waals surface area contributed by atoms with Crippen LogP contribution in [0, 0.1) is 12.3 Å². The number of nitrogens with two attached hydrogens (primary N) is 1. The first-order valence-corrected chi connectivity index (χ1v) is 15.0. The van der Waals surface area contributed by atoms with Gasteiger partial charge in [-0.1, -0.05) is 22.8 Å². The molecule has 3 aliphatic heterocycles. The zero-order valence-corrected chi connectivity index (χ0v) is 22.6. The van der Waals surface area contributed by atoms with Crippen molar-refractivity contribution >= 4 is 75.2 Å². The van der Waals surface area contributed by atoms with Gasteiger partial charge in [0.25, 0.3) is 11.8 Å². The lowest BCUT2D eigenvalue weighted by Gasteiger charge is -2.49. The summed E-state index contributed by atoms with van der Waals surface area (Å²) in [5, 5.41) is 29.6. The number of oxime groups is 1. The molecule has 0 spiro atoms. The summed E-state index contributed by atoms with van der Waals surface area (Å²) in [6.07, 6.45) is 5.21. The van der Waals surface area contributed by atoms with Crippen molar-refractivity contribution in [1.82, 2.24) is 35.4 Å². The average molecular weight is 594 g/mol. The Kier molecular flexibility index (Phi) is 7.78. The average Bonchev–Trinajstić information content (AvgIpc) is 3.50. The van der Waals surface area contributed by atoms with Crippen LogP contribution in [0.2, 0.25) is 0 Å². The maximum Gasteiger partial charge on any atom is 0.352 e. The highest BCUT2D eigenvalue weighted by molar-refractivity contribution is 8.01. The fraction of sp³-hybridized carbons (Fsp3) is 0.400. The molecular formula is C20H19N9O5S4. The Labute approximate surface area is 232 Å². The smallest absolute Gasteiger partial charge is 0.352 e. The van der Waals surface area contributed by atoms with Gasteiger partial charge in [-0.25, -0.2) is 14.5 Å². The number of thioether (sulfide) groups is 3. The number of tetrazole rings is 1. The number of hydrogen-bond donors (Lipinski definition) is 3. The standard InChI is InChI=1S/C20H19N9O5S4/c1-2-3-28-20(24-26-27-28)38-5-9-4-36-17-13(16(31)29(17)14(9)18(32)33)23-15(30)12(11-8-37-19(21)22-11)25-34-10-6-35-7-10/h1,8,10,13,17H,3-7H2,(H2,21,22)(H,23,30)(H,32,33)/b25-12+/t13?,17-/m1/s1. The number of carboxylic acids is 1. The number of aliphatic carboxylic acids is 1. The number of carboxylic acid groups (broad SMARTS) is 1. The van der Waals surface area contributed by atoms with E-state index in [1.807, 2.05) is 0 Å². The molecule has 0 aromatic carbocycles. The zero-order chi connectivity index (χ0) is 26.8. The number of β-lactam (4-membered cyclic amide) rings is 1. The van der Waals surface area contributed by atoms with Crippen molar-refractivity contribution in [1.29, 1.82) is 0 Å². The first-order valence-electron chi connectivity index (χ1n) is 10.9. The molecule has 2 atom stereocenters. The van der Waals surface area contributed by atoms with Crippen LogP contribution in [-0.2, 0) is 25.8 Å². The summed E-state index contributed by atoms with van der Waals surface area (Å²) in [6, 6.07) is -0.945. The second kappa shape index (κ2) is 11.2. The molecule has 2 amide bonds. The van der Waals surface area contributed by atoms with Crippen molar-refractivity contribution in [3.8, 4) is 12.3 Å². The first kappa shape index (κ1) is 26.3. The van der Waals surface area contributed by atoms with Gasteiger partial charge in [-0.05, 0) is 16.0 Å². The number of nitrogen functional groups attached to an aromatic ring is 1. The second-order valence-electron chi connectivity index (χ2n) is 8.01. The lowest BCUT2D eigenvalue weighted by atomic mass is 10.0. The maximum absolute atomic E-state index is 13.1. The summed E-state index contributed by atoms with van der Waals surface area (Å²) in [5.41, 5.74) is 6.27. The Morgan fingerprint density at radius 2 is 2.24 bits per heavy atom. The molecule has 5 heterocycles. The number of thiazole rings is 1. The molecule has 0 aliphatic carbocycles. The van der Waals surface area contributed by atoms with Gasteiger partial charge in [-0.2, -0.15) is 11.8 Å². The molecule has 4 N–H and O–H groups in total. The van der Waals surface area contributed by atoms with E-state index in [1.165, 1.54) is 33.1 Å². The van der Waals surface area contributed by atoms with Gasteiger partial charge in [0.1, 0.15) is 35.5 Å². The third-order valence-electron chi connectivity index (χ3n) is 5.53. The summed E-state index contributed by atoms with van der Waals surface area (Å²) < 4.78 is 1.42. The van der Waals surface area contributed by atoms with E-state index in [0.717, 1.165) is 22.8 Å². The van der Waals surface area contributed by atoms with E-state index in [4.69, 9.17) is 17.0 Å². The molecule has 2 fully saturated rings. The number of rotatable bonds is 10. The third-order valence-corrected chi connectivity index (χ3v) is 9.80. The molecule has 0 saturated carbocycles. The Balaban J connectivity index is 1.30. The summed E-state index contributed by atoms with van der Waals surface area (Å²) in [7, 11) is 0. The number of terminal acetylenes is 1. The molecular weight excluding hydrogens is 575 g/mol. The lowest BCUT2D eigenvalue weighted by Crippen LogP contribution is -2.71. The number of carbonyl (C=O) groups excluding carboxylic acids is 2. The van der Waals surface area contributed by atoms with Crippen LogP contribution in [0.1, 0.15) is 5.69 Å². The van der Waals surface area contributed by atoms with Gasteiger partial charge in [-0.15, -0.1) is 34.6 Å². The molecule has 0 bridgehead atoms. The van der Waals surface area contributed by atoms with Crippen LogP contribution in [0.5, 0.6) is 0 Å². The highest BCUT2D eigenvalue weighted by atomic mass is 32.2. The van der Waals surface area contributed by atoms with Crippen molar-refractivity contribution in [3.63, 3.8) is 0 Å². The molecule has 0 radical (unpaired) electrons. The van der Waals surface area contributed by atoms with Gasteiger partial charge in [0, 0.05) is 28.4 Å². The van der Waals surface area contributed by atoms with E-state index >= 15 is 0 Å². The Hall–Kier alpha value is -3.27. The number of anilines is 1. The van der Waals surface area contributed by atoms with E-state index in [1.54, 1.807) is 17.1 Å². The molecule has 2 saturated heterocycles. The minimum atomic E-state index is -1.24. The largest absolute Gasteiger partial charge is 0.477 e. The van der Waals surface area contributed by atoms with Crippen molar-refractivity contribution in [2.75, 3.05) is 28.7 Å². The zero-order valence-electron chi connectivity index (χ0n) is 19.3. The molecule has 5 rings (SSSR count). The monoisotopic (exact) mass is 593 g/mol. The van der Waals surface area contributed by atoms with Crippen LogP contribution < -0.4 is 11.1 Å². The summed E-state index contributed by atoms with van der Waals surface area (Å²) >= 11 is 5.41. The fourth-order valence-electron chi connectivity index (χ4n) is 3.64. The van der Waals surface area contributed by atoms with Crippen LogP contribution in [0.4, 0.5) is 5.13 Å². The summed E-state index contributed by atoms with van der Waals surface area (Å²) in [4.78, 5) is 49.1. The number of fused-ring (bicyclic) bond motifs is 1. The molecule has 2 aromatic rings. The van der Waals surface area contributed by atoms with Crippen LogP contribution in [0.25, 0.3) is 0 Å². The van der Waals surface area contributed by atoms with Crippen LogP contribution >= 0.6 is 46.6 Å². The van der Waals surface area contributed by atoms with Gasteiger partial charge >= 0.3 is 5.97 Å². The van der Waals surface area contributed by atoms with Crippen LogP contribution in [-0.4, -0.2) is 99.2 Å². The van der Waals surface area contributed by atoms with E-state index < -0.39 is 29.2 Å². The minimum absolute atomic E-state index is 0.0994. The Morgan fingerprint density at radius 3 is 2.89 bits per heavy atom. The van der Waals surface area contributed by atoms with Crippen molar-refractivity contribution in [2.24, 2.45) is 5.16 Å². The first-order chi connectivity index (χ1) is 18.4. The number of hydrogen-bond acceptors (Lipinski definition) is 14. The van der Waals surface area contributed by atoms with E-state index in [-0.39, 0.29) is 40.6 Å². The Morgan fingerprint density at radius 1 is 1.42 bits per heavy atom. The van der Waals surface area contributed by atoms with Gasteiger partial charge < -0.3 is 21.0 Å². The molecule has 18 heteroatoms. The van der Waals surface area contributed by atoms with E-state index in [9.17, 15) is 19.5 Å². The number of nitrogens with one attached hydrogen (secondary N) is 1. The quantitative estimate of drug-likeness (QED) is 0.107. The highest BCUT2D eigenvalue weighted by Gasteiger charge is 2.54. The SMILES string of the molecule is C#CCn1nnnc1SCC1=C(C(=O)O)N2C(=O)C(NC(=O)/C(=N/OC3CSC3)c3csc(N)n3)[C@H]2SC1. The van der Waals surface area contributed by atoms with Gasteiger partial charge in [0.15, 0.2) is 10.8 Å². The lowest BCUT2D eigenvalue weighted by molar-refractivity contribution is -0.150. The molecule has 1 unspecified atom stereocenters. The summed E-state index contributed by atoms with van der Waals surface area (Å²) in [5.74, 6) is 2.10. The van der Waals surface area contributed by atoms with Crippen LogP contribution in [0.15, 0.2) is 27.0 Å². The highest BCUT2D eigenvalue weighted by Crippen LogP contribution is 2.41. The topological polar surface area (TPSA) is 191 Å². The fourth-order valence-corrected chi connectivity index (χ4v) is 7.10. The number of amides is 2.